The Balaban J connectivity index is 1.50. The molecule has 0 unspecified atom stereocenters. The van der Waals surface area contributed by atoms with E-state index in [9.17, 15) is 10.4 Å². The molecule has 4 aliphatic heterocycles. The van der Waals surface area contributed by atoms with E-state index in [0.29, 0.717) is 41.8 Å². The van der Waals surface area contributed by atoms with Crippen molar-refractivity contribution in [3.8, 4) is 34.8 Å². The summed E-state index contributed by atoms with van der Waals surface area (Å²) < 4.78 is 34.5. The van der Waals surface area contributed by atoms with Crippen LogP contribution in [-0.2, 0) is 15.9 Å². The summed E-state index contributed by atoms with van der Waals surface area (Å²) >= 11 is 0. The fraction of sp³-hybridized carbons (Fsp3) is 0.464. The lowest BCUT2D eigenvalue weighted by Gasteiger charge is -2.56. The van der Waals surface area contributed by atoms with Crippen LogP contribution >= 0.6 is 0 Å². The summed E-state index contributed by atoms with van der Waals surface area (Å²) in [7, 11) is 3.12. The van der Waals surface area contributed by atoms with Crippen LogP contribution < -0.4 is 24.3 Å². The smallest absolute Gasteiger partial charge is 0.231 e. The number of hydrogen-bond donors (Lipinski definition) is 2. The SMILES string of the molecule is C=C1OC[C@H]2[C@@H]3N[C@@H](Cc4cc(C)c(OC)c(O)c43)[C@@H](C#N)N2[C@H]1c1cc(OCOC)c(C)c2c1OCO2. The van der Waals surface area contributed by atoms with Crippen molar-refractivity contribution in [2.24, 2.45) is 0 Å². The van der Waals surface area contributed by atoms with E-state index in [1.165, 1.54) is 0 Å². The van der Waals surface area contributed by atoms with Crippen LogP contribution in [0, 0.1) is 25.2 Å². The van der Waals surface area contributed by atoms with Gasteiger partial charge in [-0.05, 0) is 37.5 Å². The summed E-state index contributed by atoms with van der Waals surface area (Å²) in [6.07, 6.45) is 0.583. The van der Waals surface area contributed by atoms with Crippen molar-refractivity contribution >= 4 is 0 Å². The Morgan fingerprint density at radius 2 is 2.00 bits per heavy atom. The molecule has 2 N–H and O–H groups in total. The van der Waals surface area contributed by atoms with Crippen molar-refractivity contribution < 1.29 is 33.5 Å². The first-order valence-corrected chi connectivity index (χ1v) is 12.6. The quantitative estimate of drug-likeness (QED) is 0.569. The summed E-state index contributed by atoms with van der Waals surface area (Å²) in [6.45, 7) is 8.50. The number of morpholine rings is 1. The van der Waals surface area contributed by atoms with E-state index in [1.807, 2.05) is 19.9 Å². The number of nitrogens with zero attached hydrogens (tertiary/aromatic N) is 2. The standard InChI is InChI=1S/C28H31N3O7/c1-13-6-16-7-18-19(9-29)31-20(23(30-18)22(16)25(32)26(13)34-5)10-35-15(3)24(31)17-8-21(36-11-33-4)14(2)27-28(17)38-12-37-27/h6,8,18-20,23-24,30,32H,3,7,10-12H2,1-2,4-5H3/t18-,19+,20-,23-,24+/m0/s1. The molecule has 0 saturated carbocycles. The Morgan fingerprint density at radius 3 is 2.74 bits per heavy atom. The molecule has 10 heteroatoms. The highest BCUT2D eigenvalue weighted by molar-refractivity contribution is 5.62. The lowest BCUT2D eigenvalue weighted by molar-refractivity contribution is -0.0687. The van der Waals surface area contributed by atoms with Crippen molar-refractivity contribution in [2.45, 2.75) is 50.5 Å². The first-order valence-electron chi connectivity index (χ1n) is 12.6. The molecule has 38 heavy (non-hydrogen) atoms. The Labute approximate surface area is 221 Å². The van der Waals surface area contributed by atoms with Gasteiger partial charge in [-0.25, -0.2) is 0 Å². The summed E-state index contributed by atoms with van der Waals surface area (Å²) in [5.74, 6) is 2.86. The molecule has 2 saturated heterocycles. The average Bonchev–Trinajstić information content (AvgIpc) is 3.39. The molecule has 0 spiro atoms. The molecule has 0 aromatic heterocycles. The van der Waals surface area contributed by atoms with Gasteiger partial charge < -0.3 is 38.8 Å². The van der Waals surface area contributed by atoms with Crippen LogP contribution in [0.5, 0.6) is 28.7 Å². The maximum absolute atomic E-state index is 11.3. The van der Waals surface area contributed by atoms with Gasteiger partial charge in [-0.1, -0.05) is 12.6 Å². The van der Waals surface area contributed by atoms with Gasteiger partial charge in [0.1, 0.15) is 24.2 Å². The molecule has 4 aliphatic rings. The van der Waals surface area contributed by atoms with E-state index >= 15 is 0 Å². The number of phenolic OH excluding ortho intramolecular Hbond substituents is 1. The number of nitrogens with one attached hydrogen (secondary N) is 1. The second-order valence-electron chi connectivity index (χ2n) is 10.1. The molecule has 10 nitrogen and oxygen atoms in total. The van der Waals surface area contributed by atoms with Crippen LogP contribution in [0.1, 0.15) is 39.9 Å². The molecule has 6 rings (SSSR count). The Kier molecular flexibility index (Phi) is 6.02. The van der Waals surface area contributed by atoms with Gasteiger partial charge in [0.05, 0.1) is 31.3 Å². The van der Waals surface area contributed by atoms with E-state index < -0.39 is 12.1 Å². The Bertz CT molecular complexity index is 1350. The van der Waals surface area contributed by atoms with E-state index in [2.05, 4.69) is 28.9 Å². The number of piperazine rings is 1. The van der Waals surface area contributed by atoms with Gasteiger partial charge in [-0.15, -0.1) is 0 Å². The van der Waals surface area contributed by atoms with Gasteiger partial charge in [-0.2, -0.15) is 5.26 Å². The minimum Gasteiger partial charge on any atom is -0.504 e. The number of phenols is 1. The predicted molar refractivity (Wildman–Crippen MR) is 135 cm³/mol. The summed E-state index contributed by atoms with van der Waals surface area (Å²) in [6, 6.07) is 4.73. The van der Waals surface area contributed by atoms with E-state index in [1.54, 1.807) is 14.2 Å². The fourth-order valence-corrected chi connectivity index (χ4v) is 6.48. The largest absolute Gasteiger partial charge is 0.504 e. The van der Waals surface area contributed by atoms with Crippen LogP contribution in [0.2, 0.25) is 0 Å². The number of ether oxygens (including phenoxy) is 6. The molecule has 0 amide bonds. The average molecular weight is 522 g/mol. The molecule has 5 atom stereocenters. The van der Waals surface area contributed by atoms with Gasteiger partial charge in [-0.3, -0.25) is 4.90 Å². The van der Waals surface area contributed by atoms with Gasteiger partial charge in [0, 0.05) is 29.8 Å². The van der Waals surface area contributed by atoms with Crippen molar-refractivity contribution in [1.82, 2.24) is 10.2 Å². The van der Waals surface area contributed by atoms with Gasteiger partial charge in [0.2, 0.25) is 6.79 Å². The number of benzene rings is 2. The van der Waals surface area contributed by atoms with Gasteiger partial charge >= 0.3 is 0 Å². The third kappa shape index (κ3) is 3.50. The molecular formula is C28H31N3O7. The number of hydrogen-bond acceptors (Lipinski definition) is 10. The highest BCUT2D eigenvalue weighted by atomic mass is 16.7. The van der Waals surface area contributed by atoms with Crippen molar-refractivity contribution in [2.75, 3.05) is 34.4 Å². The third-order valence-electron chi connectivity index (χ3n) is 8.06. The van der Waals surface area contributed by atoms with E-state index in [0.717, 1.165) is 27.8 Å². The maximum Gasteiger partial charge on any atom is 0.231 e. The maximum atomic E-state index is 11.3. The highest BCUT2D eigenvalue weighted by Gasteiger charge is 2.54. The zero-order valence-corrected chi connectivity index (χ0v) is 21.9. The van der Waals surface area contributed by atoms with Crippen LogP contribution in [-0.4, -0.2) is 62.5 Å². The molecule has 2 bridgehead atoms. The molecule has 0 aliphatic carbocycles. The Hall–Kier alpha value is -3.65. The second kappa shape index (κ2) is 9.27. The first-order chi connectivity index (χ1) is 18.4. The van der Waals surface area contributed by atoms with Crippen LogP contribution in [0.25, 0.3) is 0 Å². The second-order valence-corrected chi connectivity index (χ2v) is 10.1. The minimum atomic E-state index is -0.512. The molecule has 2 aromatic rings. The van der Waals surface area contributed by atoms with E-state index in [-0.39, 0.29) is 37.5 Å². The summed E-state index contributed by atoms with van der Waals surface area (Å²) in [5.41, 5.74) is 4.19. The first kappa shape index (κ1) is 24.7. The lowest BCUT2D eigenvalue weighted by atomic mass is 9.77. The zero-order chi connectivity index (χ0) is 26.7. The van der Waals surface area contributed by atoms with Crippen molar-refractivity contribution in [3.05, 3.63) is 52.3 Å². The van der Waals surface area contributed by atoms with Crippen LogP contribution in [0.3, 0.4) is 0 Å². The lowest BCUT2D eigenvalue weighted by Crippen LogP contribution is -2.68. The highest BCUT2D eigenvalue weighted by Crippen LogP contribution is 2.54. The number of rotatable bonds is 5. The van der Waals surface area contributed by atoms with Crippen LogP contribution in [0.15, 0.2) is 24.5 Å². The summed E-state index contributed by atoms with van der Waals surface area (Å²) in [5, 5.41) is 25.4. The van der Waals surface area contributed by atoms with E-state index in [4.69, 9.17) is 28.4 Å². The zero-order valence-electron chi connectivity index (χ0n) is 21.9. The number of fused-ring (bicyclic) bond motifs is 7. The minimum absolute atomic E-state index is 0.0700. The molecule has 200 valence electrons. The topological polar surface area (TPSA) is 115 Å². The number of aryl methyl sites for hydroxylation is 1. The third-order valence-corrected chi connectivity index (χ3v) is 8.06. The van der Waals surface area contributed by atoms with Gasteiger partial charge in [0.15, 0.2) is 29.8 Å². The van der Waals surface area contributed by atoms with Crippen molar-refractivity contribution in [1.29, 1.82) is 5.26 Å². The molecular weight excluding hydrogens is 490 g/mol. The Morgan fingerprint density at radius 1 is 1.21 bits per heavy atom. The van der Waals surface area contributed by atoms with Crippen LogP contribution in [0.4, 0.5) is 0 Å². The fourth-order valence-electron chi connectivity index (χ4n) is 6.48. The molecule has 2 fully saturated rings. The molecule has 0 radical (unpaired) electrons. The molecule has 4 heterocycles. The normalized spacial score (nSPS) is 27.1. The molecule has 2 aromatic carbocycles. The predicted octanol–water partition coefficient (Wildman–Crippen LogP) is 3.15. The number of nitriles is 1. The summed E-state index contributed by atoms with van der Waals surface area (Å²) in [4.78, 5) is 2.15. The van der Waals surface area contributed by atoms with Gasteiger partial charge in [0.25, 0.3) is 0 Å². The number of aromatic hydroxyl groups is 1. The monoisotopic (exact) mass is 521 g/mol. The van der Waals surface area contributed by atoms with Crippen molar-refractivity contribution in [3.63, 3.8) is 0 Å². The number of methoxy groups -OCH3 is 2.